The SMILES string of the molecule is COC(=O)Cc1cc(CC2OC(C)(C)OC2COCc2ccccc2)cs1. The molecule has 2 atom stereocenters. The number of carbonyl (C=O) groups excluding carboxylic acids is 1. The van der Waals surface area contributed by atoms with Crippen molar-refractivity contribution < 1.29 is 23.7 Å². The molecule has 0 N–H and O–H groups in total. The summed E-state index contributed by atoms with van der Waals surface area (Å²) in [7, 11) is 1.41. The van der Waals surface area contributed by atoms with Gasteiger partial charge in [-0.2, -0.15) is 0 Å². The Labute approximate surface area is 164 Å². The molecular weight excluding hydrogens is 364 g/mol. The van der Waals surface area contributed by atoms with Gasteiger partial charge >= 0.3 is 5.97 Å². The summed E-state index contributed by atoms with van der Waals surface area (Å²) >= 11 is 1.56. The van der Waals surface area contributed by atoms with Crippen LogP contribution in [0.25, 0.3) is 0 Å². The fourth-order valence-corrected chi connectivity index (χ4v) is 4.05. The van der Waals surface area contributed by atoms with E-state index in [-0.39, 0.29) is 18.2 Å². The summed E-state index contributed by atoms with van der Waals surface area (Å²) in [6, 6.07) is 12.1. The van der Waals surface area contributed by atoms with Crippen LogP contribution in [-0.2, 0) is 43.2 Å². The van der Waals surface area contributed by atoms with Gasteiger partial charge in [0.2, 0.25) is 0 Å². The molecule has 0 bridgehead atoms. The molecule has 1 aromatic heterocycles. The Kier molecular flexibility index (Phi) is 6.65. The lowest BCUT2D eigenvalue weighted by molar-refractivity contribution is -0.151. The highest BCUT2D eigenvalue weighted by Crippen LogP contribution is 2.31. The van der Waals surface area contributed by atoms with Crippen LogP contribution in [0.2, 0.25) is 0 Å². The van der Waals surface area contributed by atoms with Gasteiger partial charge in [0.25, 0.3) is 0 Å². The summed E-state index contributed by atoms with van der Waals surface area (Å²) in [5.41, 5.74) is 2.27. The Balaban J connectivity index is 1.56. The quantitative estimate of drug-likeness (QED) is 0.643. The molecule has 1 fully saturated rings. The molecule has 3 rings (SSSR count). The van der Waals surface area contributed by atoms with Crippen LogP contribution in [-0.4, -0.2) is 37.7 Å². The first kappa shape index (κ1) is 20.0. The molecule has 2 unspecified atom stereocenters. The highest BCUT2D eigenvalue weighted by atomic mass is 32.1. The van der Waals surface area contributed by atoms with E-state index in [1.54, 1.807) is 11.3 Å². The van der Waals surface area contributed by atoms with E-state index < -0.39 is 5.79 Å². The highest BCUT2D eigenvalue weighted by molar-refractivity contribution is 7.10. The van der Waals surface area contributed by atoms with Crippen molar-refractivity contribution in [2.24, 2.45) is 0 Å². The zero-order chi connectivity index (χ0) is 19.3. The van der Waals surface area contributed by atoms with Crippen LogP contribution in [0.3, 0.4) is 0 Å². The van der Waals surface area contributed by atoms with Gasteiger partial charge < -0.3 is 18.9 Å². The molecule has 0 aliphatic carbocycles. The molecule has 6 heteroatoms. The summed E-state index contributed by atoms with van der Waals surface area (Å²) in [6.45, 7) is 4.87. The number of carbonyl (C=O) groups is 1. The molecule has 1 saturated heterocycles. The molecule has 1 aromatic carbocycles. The van der Waals surface area contributed by atoms with Crippen LogP contribution in [0, 0.1) is 0 Å². The zero-order valence-electron chi connectivity index (χ0n) is 16.0. The van der Waals surface area contributed by atoms with Crippen LogP contribution in [0.5, 0.6) is 0 Å². The van der Waals surface area contributed by atoms with Crippen molar-refractivity contribution in [2.45, 2.75) is 51.3 Å². The average molecular weight is 391 g/mol. The van der Waals surface area contributed by atoms with Crippen molar-refractivity contribution in [3.8, 4) is 0 Å². The van der Waals surface area contributed by atoms with Gasteiger partial charge in [0.1, 0.15) is 6.10 Å². The van der Waals surface area contributed by atoms with Crippen LogP contribution < -0.4 is 0 Å². The lowest BCUT2D eigenvalue weighted by Crippen LogP contribution is -2.29. The Bertz CT molecular complexity index is 740. The van der Waals surface area contributed by atoms with E-state index in [4.69, 9.17) is 18.9 Å². The fraction of sp³-hybridized carbons (Fsp3) is 0.476. The largest absolute Gasteiger partial charge is 0.469 e. The van der Waals surface area contributed by atoms with Crippen molar-refractivity contribution in [1.82, 2.24) is 0 Å². The molecule has 2 heterocycles. The van der Waals surface area contributed by atoms with Gasteiger partial charge in [-0.05, 0) is 36.4 Å². The molecule has 27 heavy (non-hydrogen) atoms. The first-order chi connectivity index (χ1) is 12.9. The van der Waals surface area contributed by atoms with E-state index in [2.05, 4.69) is 5.38 Å². The number of benzene rings is 1. The van der Waals surface area contributed by atoms with E-state index >= 15 is 0 Å². The van der Waals surface area contributed by atoms with E-state index in [1.807, 2.05) is 50.2 Å². The lowest BCUT2D eigenvalue weighted by Gasteiger charge is -2.17. The molecule has 0 spiro atoms. The minimum absolute atomic E-state index is 0.0867. The standard InChI is InChI=1S/C21H26O5S/c1-21(2)25-18(10-16-9-17(27-14-16)11-20(22)23-3)19(26-21)13-24-12-15-7-5-4-6-8-15/h4-9,14,18-19H,10-13H2,1-3H3. The first-order valence-corrected chi connectivity index (χ1v) is 9.93. The minimum atomic E-state index is -0.629. The smallest absolute Gasteiger partial charge is 0.310 e. The highest BCUT2D eigenvalue weighted by Gasteiger charge is 2.41. The average Bonchev–Trinajstić information content (AvgIpc) is 3.19. The summed E-state index contributed by atoms with van der Waals surface area (Å²) in [5.74, 6) is -0.854. The molecule has 146 valence electrons. The van der Waals surface area contributed by atoms with Crippen molar-refractivity contribution in [1.29, 1.82) is 0 Å². The first-order valence-electron chi connectivity index (χ1n) is 9.05. The second-order valence-corrected chi connectivity index (χ2v) is 8.09. The number of hydrogen-bond acceptors (Lipinski definition) is 6. The number of rotatable bonds is 8. The fourth-order valence-electron chi connectivity index (χ4n) is 3.16. The van der Waals surface area contributed by atoms with Crippen molar-refractivity contribution in [3.63, 3.8) is 0 Å². The van der Waals surface area contributed by atoms with Crippen LogP contribution in [0.1, 0.15) is 29.9 Å². The number of ether oxygens (including phenoxy) is 4. The summed E-state index contributed by atoms with van der Waals surface area (Å²) < 4.78 is 22.7. The van der Waals surface area contributed by atoms with Gasteiger partial charge in [-0.3, -0.25) is 4.79 Å². The van der Waals surface area contributed by atoms with Crippen LogP contribution >= 0.6 is 11.3 Å². The van der Waals surface area contributed by atoms with Crippen molar-refractivity contribution in [2.75, 3.05) is 13.7 Å². The number of esters is 1. The molecule has 1 aliphatic rings. The van der Waals surface area contributed by atoms with E-state index in [1.165, 1.54) is 7.11 Å². The Morgan fingerprint density at radius 1 is 1.15 bits per heavy atom. The zero-order valence-corrected chi connectivity index (χ0v) is 16.8. The number of methoxy groups -OCH3 is 1. The monoisotopic (exact) mass is 390 g/mol. The van der Waals surface area contributed by atoms with Crippen LogP contribution in [0.15, 0.2) is 41.8 Å². The number of hydrogen-bond donors (Lipinski definition) is 0. The van der Waals surface area contributed by atoms with Gasteiger partial charge in [-0.15, -0.1) is 11.3 Å². The third-order valence-corrected chi connectivity index (χ3v) is 5.36. The van der Waals surface area contributed by atoms with Gasteiger partial charge in [0.05, 0.1) is 32.8 Å². The van der Waals surface area contributed by atoms with Crippen LogP contribution in [0.4, 0.5) is 0 Å². The summed E-state index contributed by atoms with van der Waals surface area (Å²) in [5, 5.41) is 2.06. The van der Waals surface area contributed by atoms with Crippen molar-refractivity contribution >= 4 is 17.3 Å². The second kappa shape index (κ2) is 8.97. The molecule has 5 nitrogen and oxygen atoms in total. The molecular formula is C21H26O5S. The third kappa shape index (κ3) is 5.87. The van der Waals surface area contributed by atoms with Gasteiger partial charge in [-0.1, -0.05) is 30.3 Å². The molecule has 0 radical (unpaired) electrons. The van der Waals surface area contributed by atoms with E-state index in [9.17, 15) is 4.79 Å². The molecule has 1 aliphatic heterocycles. The topological polar surface area (TPSA) is 54.0 Å². The maximum Gasteiger partial charge on any atom is 0.310 e. The predicted molar refractivity (Wildman–Crippen MR) is 104 cm³/mol. The van der Waals surface area contributed by atoms with Gasteiger partial charge in [0, 0.05) is 11.3 Å². The maximum atomic E-state index is 11.4. The predicted octanol–water partition coefficient (Wildman–Crippen LogP) is 3.74. The summed E-state index contributed by atoms with van der Waals surface area (Å²) in [4.78, 5) is 12.4. The second-order valence-electron chi connectivity index (χ2n) is 7.09. The summed E-state index contributed by atoms with van der Waals surface area (Å²) in [6.07, 6.45) is 0.808. The van der Waals surface area contributed by atoms with E-state index in [0.717, 1.165) is 22.4 Å². The van der Waals surface area contributed by atoms with E-state index in [0.29, 0.717) is 19.6 Å². The third-order valence-electron chi connectivity index (χ3n) is 4.37. The van der Waals surface area contributed by atoms with Gasteiger partial charge in [-0.25, -0.2) is 0 Å². The minimum Gasteiger partial charge on any atom is -0.469 e. The number of thiophene rings is 1. The normalized spacial score (nSPS) is 21.3. The Morgan fingerprint density at radius 3 is 2.63 bits per heavy atom. The molecule has 2 aromatic rings. The van der Waals surface area contributed by atoms with Crippen molar-refractivity contribution in [3.05, 3.63) is 57.8 Å². The Hall–Kier alpha value is -1.73. The Morgan fingerprint density at radius 2 is 1.89 bits per heavy atom. The molecule has 0 saturated carbocycles. The molecule has 0 amide bonds. The van der Waals surface area contributed by atoms with Gasteiger partial charge in [0.15, 0.2) is 5.79 Å². The lowest BCUT2D eigenvalue weighted by atomic mass is 10.1. The maximum absolute atomic E-state index is 11.4.